The molecule has 4 rings (SSSR count). The molecular weight excluding hydrogens is 586 g/mol. The van der Waals surface area contributed by atoms with Gasteiger partial charge in [0.05, 0.1) is 28.7 Å². The van der Waals surface area contributed by atoms with Gasteiger partial charge in [0.25, 0.3) is 11.8 Å². The van der Waals surface area contributed by atoms with Crippen LogP contribution in [0.4, 0.5) is 26.3 Å². The largest absolute Gasteiger partial charge is 0.474 e. The molecule has 0 spiro atoms. The Balaban J connectivity index is 1.79. The quantitative estimate of drug-likeness (QED) is 0.344. The van der Waals surface area contributed by atoms with Gasteiger partial charge in [-0.1, -0.05) is 13.3 Å². The molecule has 2 aromatic heterocycles. The molecule has 0 radical (unpaired) electrons. The van der Waals surface area contributed by atoms with Crippen molar-refractivity contribution in [3.05, 3.63) is 45.9 Å². The van der Waals surface area contributed by atoms with E-state index in [1.54, 1.807) is 13.8 Å². The fraction of sp³-hybridized carbons (Fsp3) is 0.571. The van der Waals surface area contributed by atoms with Gasteiger partial charge in [-0.15, -0.1) is 11.3 Å². The molecule has 228 valence electrons. The van der Waals surface area contributed by atoms with Crippen molar-refractivity contribution in [3.8, 4) is 11.8 Å². The van der Waals surface area contributed by atoms with Crippen molar-refractivity contribution in [1.29, 1.82) is 5.26 Å². The van der Waals surface area contributed by atoms with Crippen LogP contribution in [0.25, 0.3) is 0 Å². The SMILES string of the molecule is CCC[C@H]1N(C(=O)c2cnccc2C(F)(F)F)CCC[C@@]1(Oc1csc(C(F)(F)F)c1)C(=O)N1CCC(C)(C#N)CC1. The Hall–Kier alpha value is -3.34. The summed E-state index contributed by atoms with van der Waals surface area (Å²) in [5.41, 5.74) is -4.40. The lowest BCUT2D eigenvalue weighted by molar-refractivity contribution is -0.161. The molecule has 14 heteroatoms. The minimum atomic E-state index is -4.85. The molecule has 2 aliphatic heterocycles. The molecule has 2 fully saturated rings. The number of nitrogens with zero attached hydrogens (tertiary/aromatic N) is 4. The number of rotatable bonds is 6. The summed E-state index contributed by atoms with van der Waals surface area (Å²) in [6, 6.07) is 2.65. The highest BCUT2D eigenvalue weighted by Gasteiger charge is 2.56. The molecule has 0 saturated carbocycles. The third kappa shape index (κ3) is 6.21. The van der Waals surface area contributed by atoms with Gasteiger partial charge in [-0.05, 0) is 38.7 Å². The molecule has 7 nitrogen and oxygen atoms in total. The third-order valence-corrected chi connectivity index (χ3v) is 8.94. The second-order valence-corrected chi connectivity index (χ2v) is 11.8. The van der Waals surface area contributed by atoms with Crippen LogP contribution in [-0.2, 0) is 17.1 Å². The van der Waals surface area contributed by atoms with E-state index in [2.05, 4.69) is 11.1 Å². The molecule has 0 bridgehead atoms. The van der Waals surface area contributed by atoms with Gasteiger partial charge in [-0.2, -0.15) is 31.6 Å². The number of carbonyl (C=O) groups is 2. The summed E-state index contributed by atoms with van der Waals surface area (Å²) >= 11 is 0.392. The molecular formula is C28H30F6N4O3S. The molecule has 2 aromatic rings. The van der Waals surface area contributed by atoms with Gasteiger partial charge in [0.2, 0.25) is 5.60 Å². The number of thiophene rings is 1. The average Bonchev–Trinajstić information content (AvgIpc) is 3.42. The van der Waals surface area contributed by atoms with Gasteiger partial charge in [0.15, 0.2) is 0 Å². The van der Waals surface area contributed by atoms with Crippen LogP contribution in [0.2, 0.25) is 0 Å². The summed E-state index contributed by atoms with van der Waals surface area (Å²) in [7, 11) is 0. The van der Waals surface area contributed by atoms with E-state index < -0.39 is 57.2 Å². The molecule has 0 aromatic carbocycles. The van der Waals surface area contributed by atoms with E-state index in [0.29, 0.717) is 36.7 Å². The van der Waals surface area contributed by atoms with Gasteiger partial charge in [-0.25, -0.2) is 0 Å². The van der Waals surface area contributed by atoms with Gasteiger partial charge in [-0.3, -0.25) is 14.6 Å². The summed E-state index contributed by atoms with van der Waals surface area (Å²) in [4.78, 5) is 33.6. The first kappa shape index (κ1) is 31.6. The van der Waals surface area contributed by atoms with Crippen molar-refractivity contribution in [3.63, 3.8) is 0 Å². The minimum Gasteiger partial charge on any atom is -0.474 e. The van der Waals surface area contributed by atoms with Crippen molar-refractivity contribution in [2.45, 2.75) is 76.4 Å². The first-order valence-electron chi connectivity index (χ1n) is 13.5. The predicted octanol–water partition coefficient (Wildman–Crippen LogP) is 6.56. The number of amides is 2. The lowest BCUT2D eigenvalue weighted by Crippen LogP contribution is -2.68. The van der Waals surface area contributed by atoms with E-state index in [1.807, 2.05) is 0 Å². The number of aromatic nitrogens is 1. The Labute approximate surface area is 243 Å². The second kappa shape index (κ2) is 11.7. The molecule has 2 atom stereocenters. The summed E-state index contributed by atoms with van der Waals surface area (Å²) in [5.74, 6) is -1.78. The second-order valence-electron chi connectivity index (χ2n) is 10.9. The van der Waals surface area contributed by atoms with Crippen LogP contribution >= 0.6 is 11.3 Å². The summed E-state index contributed by atoms with van der Waals surface area (Å²) < 4.78 is 87.9. The van der Waals surface area contributed by atoms with E-state index in [4.69, 9.17) is 4.74 Å². The topological polar surface area (TPSA) is 86.5 Å². The zero-order valence-electron chi connectivity index (χ0n) is 23.0. The maximum absolute atomic E-state index is 14.4. The van der Waals surface area contributed by atoms with Crippen LogP contribution in [0.1, 0.15) is 73.2 Å². The van der Waals surface area contributed by atoms with Crippen molar-refractivity contribution in [1.82, 2.24) is 14.8 Å². The number of halogens is 6. The van der Waals surface area contributed by atoms with E-state index in [-0.39, 0.29) is 44.6 Å². The highest BCUT2D eigenvalue weighted by atomic mass is 32.1. The zero-order valence-corrected chi connectivity index (χ0v) is 23.8. The van der Waals surface area contributed by atoms with Crippen LogP contribution < -0.4 is 4.74 Å². The molecule has 2 aliphatic rings. The zero-order chi connectivity index (χ0) is 30.9. The third-order valence-electron chi connectivity index (χ3n) is 7.98. The molecule has 4 heterocycles. The fourth-order valence-corrected chi connectivity index (χ4v) is 6.36. The van der Waals surface area contributed by atoms with E-state index in [9.17, 15) is 41.2 Å². The number of piperidine rings is 2. The number of pyridine rings is 1. The van der Waals surface area contributed by atoms with Gasteiger partial charge in [0.1, 0.15) is 10.6 Å². The normalized spacial score (nSPS) is 22.9. The van der Waals surface area contributed by atoms with Crippen LogP contribution in [0.3, 0.4) is 0 Å². The van der Waals surface area contributed by atoms with Crippen LogP contribution in [0.15, 0.2) is 29.9 Å². The highest BCUT2D eigenvalue weighted by molar-refractivity contribution is 7.10. The highest BCUT2D eigenvalue weighted by Crippen LogP contribution is 2.43. The molecule has 42 heavy (non-hydrogen) atoms. The van der Waals surface area contributed by atoms with E-state index in [1.165, 1.54) is 9.80 Å². The number of alkyl halides is 6. The van der Waals surface area contributed by atoms with Crippen LogP contribution in [0, 0.1) is 16.7 Å². The smallest absolute Gasteiger partial charge is 0.425 e. The molecule has 2 saturated heterocycles. The van der Waals surface area contributed by atoms with Crippen molar-refractivity contribution in [2.24, 2.45) is 5.41 Å². The van der Waals surface area contributed by atoms with Crippen LogP contribution in [0.5, 0.6) is 5.75 Å². The van der Waals surface area contributed by atoms with Crippen molar-refractivity contribution in [2.75, 3.05) is 19.6 Å². The number of hydrogen-bond acceptors (Lipinski definition) is 6. The number of hydrogen-bond donors (Lipinski definition) is 0. The Bertz CT molecular complexity index is 1350. The standard InChI is InChI=1S/C28H30F6N4O3S/c1-3-5-21-26(41-18-14-22(42-16-18)28(32,33)34,24(40)37-12-8-25(2,17-35)9-13-37)7-4-11-38(21)23(39)19-15-36-10-6-20(19)27(29,30)31/h6,10,14-16,21H,3-5,7-9,11-13H2,1-2H3/t21-,26+/m1/s1. The van der Waals surface area contributed by atoms with Gasteiger partial charge in [0, 0.05) is 49.9 Å². The number of ether oxygens (including phenoxy) is 1. The summed E-state index contributed by atoms with van der Waals surface area (Å²) in [6.45, 7) is 3.91. The van der Waals surface area contributed by atoms with E-state index in [0.717, 1.165) is 23.8 Å². The Morgan fingerprint density at radius 1 is 1.14 bits per heavy atom. The van der Waals surface area contributed by atoms with Crippen molar-refractivity contribution < 1.29 is 40.7 Å². The molecule has 0 N–H and O–H groups in total. The molecule has 2 amide bonds. The van der Waals surface area contributed by atoms with Crippen LogP contribution in [-0.4, -0.2) is 57.9 Å². The number of likely N-dealkylation sites (tertiary alicyclic amines) is 2. The minimum absolute atomic E-state index is 0.0119. The maximum Gasteiger partial charge on any atom is 0.425 e. The Morgan fingerprint density at radius 3 is 2.40 bits per heavy atom. The number of carbonyl (C=O) groups excluding carboxylic acids is 2. The van der Waals surface area contributed by atoms with E-state index >= 15 is 0 Å². The Kier molecular flexibility index (Phi) is 8.83. The van der Waals surface area contributed by atoms with Gasteiger partial charge < -0.3 is 14.5 Å². The Morgan fingerprint density at radius 2 is 1.83 bits per heavy atom. The van der Waals surface area contributed by atoms with Gasteiger partial charge >= 0.3 is 12.4 Å². The summed E-state index contributed by atoms with van der Waals surface area (Å²) in [6.07, 6.45) is -6.31. The number of nitriles is 1. The average molecular weight is 617 g/mol. The lowest BCUT2D eigenvalue weighted by atomic mass is 9.77. The molecule has 0 unspecified atom stereocenters. The first-order valence-corrected chi connectivity index (χ1v) is 14.4. The fourth-order valence-electron chi connectivity index (χ4n) is 5.68. The monoisotopic (exact) mass is 616 g/mol. The predicted molar refractivity (Wildman–Crippen MR) is 140 cm³/mol. The molecule has 0 aliphatic carbocycles. The lowest BCUT2D eigenvalue weighted by Gasteiger charge is -2.50. The van der Waals surface area contributed by atoms with Crippen molar-refractivity contribution >= 4 is 23.2 Å². The maximum atomic E-state index is 14.4. The summed E-state index contributed by atoms with van der Waals surface area (Å²) in [5, 5.41) is 10.7. The first-order chi connectivity index (χ1) is 19.6.